The van der Waals surface area contributed by atoms with Gasteiger partial charge in [0.2, 0.25) is 11.8 Å². The molecule has 1 aromatic heterocycles. The molecule has 0 spiro atoms. The number of hydrogen-bond donors (Lipinski definition) is 1. The van der Waals surface area contributed by atoms with E-state index < -0.39 is 29.1 Å². The van der Waals surface area contributed by atoms with Crippen molar-refractivity contribution in [2.75, 3.05) is 18.8 Å². The summed E-state index contributed by atoms with van der Waals surface area (Å²) in [6.45, 7) is 2.06. The van der Waals surface area contributed by atoms with Gasteiger partial charge in [-0.2, -0.15) is 18.4 Å². The van der Waals surface area contributed by atoms with Gasteiger partial charge in [-0.1, -0.05) is 11.8 Å². The van der Waals surface area contributed by atoms with Crippen LogP contribution in [0.4, 0.5) is 13.2 Å². The first-order valence-corrected chi connectivity index (χ1v) is 8.81. The van der Waals surface area contributed by atoms with Crippen molar-refractivity contribution >= 4 is 23.6 Å². The fourth-order valence-electron chi connectivity index (χ4n) is 2.74. The number of nitrogens with zero attached hydrogens (tertiary/aromatic N) is 3. The molecule has 0 saturated carbocycles. The van der Waals surface area contributed by atoms with Crippen LogP contribution in [0, 0.1) is 24.2 Å². The maximum absolute atomic E-state index is 13.1. The average molecular weight is 386 g/mol. The molecule has 0 radical (unpaired) electrons. The van der Waals surface area contributed by atoms with Crippen molar-refractivity contribution in [3.05, 3.63) is 22.9 Å². The first-order valence-electron chi connectivity index (χ1n) is 7.82. The Hall–Kier alpha value is -2.28. The molecule has 1 saturated heterocycles. The smallest absolute Gasteiger partial charge is 0.369 e. The van der Waals surface area contributed by atoms with Gasteiger partial charge in [-0.15, -0.1) is 0 Å². The highest BCUT2D eigenvalue weighted by atomic mass is 32.2. The van der Waals surface area contributed by atoms with Crippen LogP contribution in [0.25, 0.3) is 0 Å². The maximum atomic E-state index is 13.1. The van der Waals surface area contributed by atoms with Crippen molar-refractivity contribution in [2.24, 2.45) is 11.7 Å². The average Bonchev–Trinajstić information content (AvgIpc) is 2.58. The zero-order valence-electron chi connectivity index (χ0n) is 14.0. The van der Waals surface area contributed by atoms with Crippen LogP contribution in [0.3, 0.4) is 0 Å². The number of rotatable bonds is 4. The van der Waals surface area contributed by atoms with Crippen LogP contribution in [0.2, 0.25) is 0 Å². The Morgan fingerprint density at radius 3 is 2.77 bits per heavy atom. The fraction of sp³-hybridized carbons (Fsp3) is 0.500. The minimum atomic E-state index is -4.68. The molecule has 1 atom stereocenters. The van der Waals surface area contributed by atoms with Gasteiger partial charge < -0.3 is 10.6 Å². The normalized spacial score (nSPS) is 17.7. The lowest BCUT2D eigenvalue weighted by Gasteiger charge is -2.31. The molecule has 1 aliphatic rings. The Balaban J connectivity index is 2.14. The summed E-state index contributed by atoms with van der Waals surface area (Å²) >= 11 is 0.786. The number of halogens is 3. The van der Waals surface area contributed by atoms with Crippen LogP contribution < -0.4 is 5.73 Å². The molecule has 1 fully saturated rings. The van der Waals surface area contributed by atoms with Gasteiger partial charge in [0.05, 0.1) is 22.8 Å². The molecule has 26 heavy (non-hydrogen) atoms. The Morgan fingerprint density at radius 2 is 2.19 bits per heavy atom. The molecule has 2 rings (SSSR count). The van der Waals surface area contributed by atoms with Crippen LogP contribution in [0.1, 0.15) is 29.7 Å². The summed E-state index contributed by atoms with van der Waals surface area (Å²) in [6, 6.07) is 2.35. The quantitative estimate of drug-likeness (QED) is 0.799. The lowest BCUT2D eigenvalue weighted by Crippen LogP contribution is -2.44. The monoisotopic (exact) mass is 386 g/mol. The van der Waals surface area contributed by atoms with Gasteiger partial charge >= 0.3 is 6.18 Å². The van der Waals surface area contributed by atoms with E-state index in [2.05, 4.69) is 4.98 Å². The second kappa shape index (κ2) is 7.95. The SMILES string of the molecule is Cc1cc(C(F)(F)F)c(C#N)c(SCC(=O)N2CCCC(C(N)=O)C2)n1. The molecule has 6 nitrogen and oxygen atoms in total. The van der Waals surface area contributed by atoms with E-state index in [1.54, 1.807) is 0 Å². The number of piperidine rings is 1. The van der Waals surface area contributed by atoms with Crippen molar-refractivity contribution in [1.29, 1.82) is 5.26 Å². The maximum Gasteiger partial charge on any atom is 0.417 e. The van der Waals surface area contributed by atoms with Crippen LogP contribution in [-0.4, -0.2) is 40.5 Å². The molecular weight excluding hydrogens is 369 g/mol. The van der Waals surface area contributed by atoms with Crippen molar-refractivity contribution in [3.8, 4) is 6.07 Å². The molecule has 2 amide bonds. The minimum Gasteiger partial charge on any atom is -0.369 e. The van der Waals surface area contributed by atoms with Gasteiger partial charge in [0.1, 0.15) is 11.1 Å². The van der Waals surface area contributed by atoms with Crippen molar-refractivity contribution in [3.63, 3.8) is 0 Å². The van der Waals surface area contributed by atoms with E-state index in [1.165, 1.54) is 17.9 Å². The molecule has 140 valence electrons. The highest BCUT2D eigenvalue weighted by molar-refractivity contribution is 8.00. The highest BCUT2D eigenvalue weighted by Gasteiger charge is 2.36. The first kappa shape index (κ1) is 20.0. The second-order valence-corrected chi connectivity index (χ2v) is 6.93. The Bertz CT molecular complexity index is 761. The number of aromatic nitrogens is 1. The summed E-state index contributed by atoms with van der Waals surface area (Å²) in [6.07, 6.45) is -3.44. The number of carbonyl (C=O) groups is 2. The van der Waals surface area contributed by atoms with Gasteiger partial charge in [0, 0.05) is 18.8 Å². The number of alkyl halides is 3. The molecular formula is C16H17F3N4O2S. The summed E-state index contributed by atoms with van der Waals surface area (Å²) < 4.78 is 39.3. The van der Waals surface area contributed by atoms with Crippen LogP contribution >= 0.6 is 11.8 Å². The van der Waals surface area contributed by atoms with Gasteiger partial charge in [-0.05, 0) is 25.8 Å². The minimum absolute atomic E-state index is 0.109. The van der Waals surface area contributed by atoms with Gasteiger partial charge in [-0.3, -0.25) is 9.59 Å². The Labute approximate surface area is 152 Å². The van der Waals surface area contributed by atoms with E-state index in [-0.39, 0.29) is 28.9 Å². The number of primary amides is 1. The standard InChI is InChI=1S/C16H17F3N4O2S/c1-9-5-12(16(17,18)19)11(6-20)15(22-9)26-8-13(24)23-4-2-3-10(7-23)14(21)25/h5,10H,2-4,7-8H2,1H3,(H2,21,25). The van der Waals surface area contributed by atoms with E-state index in [1.807, 2.05) is 0 Å². The Morgan fingerprint density at radius 1 is 1.50 bits per heavy atom. The molecule has 0 aromatic carbocycles. The number of carbonyl (C=O) groups excluding carboxylic acids is 2. The molecule has 10 heteroatoms. The number of amides is 2. The summed E-state index contributed by atoms with van der Waals surface area (Å²) in [7, 11) is 0. The molecule has 0 aliphatic carbocycles. The zero-order valence-corrected chi connectivity index (χ0v) is 14.8. The number of hydrogen-bond acceptors (Lipinski definition) is 5. The van der Waals surface area contributed by atoms with E-state index in [9.17, 15) is 22.8 Å². The fourth-order valence-corrected chi connectivity index (χ4v) is 3.69. The Kier molecular flexibility index (Phi) is 6.13. The van der Waals surface area contributed by atoms with Gasteiger partial charge in [0.15, 0.2) is 0 Å². The number of nitrogens with two attached hydrogens (primary N) is 1. The predicted molar refractivity (Wildman–Crippen MR) is 87.9 cm³/mol. The van der Waals surface area contributed by atoms with Gasteiger partial charge in [0.25, 0.3) is 0 Å². The molecule has 0 bridgehead atoms. The van der Waals surface area contributed by atoms with E-state index >= 15 is 0 Å². The third-order valence-electron chi connectivity index (χ3n) is 4.04. The lowest BCUT2D eigenvalue weighted by molar-refractivity contribution is -0.138. The topological polar surface area (TPSA) is 100 Å². The number of thioether (sulfide) groups is 1. The first-order chi connectivity index (χ1) is 12.1. The summed E-state index contributed by atoms with van der Waals surface area (Å²) in [4.78, 5) is 29.1. The molecule has 2 N–H and O–H groups in total. The molecule has 1 aliphatic heterocycles. The van der Waals surface area contributed by atoms with E-state index in [0.29, 0.717) is 19.4 Å². The van der Waals surface area contributed by atoms with Crippen LogP contribution in [-0.2, 0) is 15.8 Å². The summed E-state index contributed by atoms with van der Waals surface area (Å²) in [5.74, 6) is -1.39. The van der Waals surface area contributed by atoms with Crippen LogP contribution in [0.15, 0.2) is 11.1 Å². The highest BCUT2D eigenvalue weighted by Crippen LogP contribution is 2.36. The lowest BCUT2D eigenvalue weighted by atomic mass is 9.97. The van der Waals surface area contributed by atoms with Crippen LogP contribution in [0.5, 0.6) is 0 Å². The number of aryl methyl sites for hydroxylation is 1. The summed E-state index contributed by atoms with van der Waals surface area (Å²) in [5.41, 5.74) is 3.73. The number of likely N-dealkylation sites (tertiary alicyclic amines) is 1. The van der Waals surface area contributed by atoms with Crippen molar-refractivity contribution < 1.29 is 22.8 Å². The predicted octanol–water partition coefficient (Wildman–Crippen LogP) is 2.10. The third kappa shape index (κ3) is 4.66. The van der Waals surface area contributed by atoms with Gasteiger partial charge in [-0.25, -0.2) is 4.98 Å². The molecule has 1 aromatic rings. The largest absolute Gasteiger partial charge is 0.417 e. The van der Waals surface area contributed by atoms with Crippen molar-refractivity contribution in [2.45, 2.75) is 31.0 Å². The van der Waals surface area contributed by atoms with E-state index in [4.69, 9.17) is 11.0 Å². The third-order valence-corrected chi connectivity index (χ3v) is 5.00. The molecule has 1 unspecified atom stereocenters. The summed E-state index contributed by atoms with van der Waals surface area (Å²) in [5, 5.41) is 8.99. The number of nitriles is 1. The van der Waals surface area contributed by atoms with Crippen molar-refractivity contribution in [1.82, 2.24) is 9.88 Å². The zero-order chi connectivity index (χ0) is 19.5. The van der Waals surface area contributed by atoms with E-state index in [0.717, 1.165) is 17.8 Å². The second-order valence-electron chi connectivity index (χ2n) is 5.97. The number of pyridine rings is 1. The molecule has 2 heterocycles.